The molecule has 0 fully saturated rings. The van der Waals surface area contributed by atoms with E-state index in [2.05, 4.69) is 91.0 Å². The Morgan fingerprint density at radius 2 is 1.06 bits per heavy atom. The predicted octanol–water partition coefficient (Wildman–Crippen LogP) is 6.04. The number of carboxylic acid groups (broad SMARTS) is 1. The molecule has 0 spiro atoms. The van der Waals surface area contributed by atoms with Crippen LogP contribution in [-0.4, -0.2) is 17.2 Å². The third kappa shape index (κ3) is 6.05. The van der Waals surface area contributed by atoms with Crippen molar-refractivity contribution in [1.29, 1.82) is 0 Å². The molecular weight excluding hydrogens is 399 g/mol. The highest BCUT2D eigenvalue weighted by Gasteiger charge is 2.44. The van der Waals surface area contributed by atoms with E-state index in [0.29, 0.717) is 0 Å². The van der Waals surface area contributed by atoms with E-state index in [0.717, 1.165) is 25.4 Å². The van der Waals surface area contributed by atoms with Gasteiger partial charge in [0.05, 0.1) is 12.1 Å². The molecule has 3 rings (SSSR count). The van der Waals surface area contributed by atoms with Crippen LogP contribution in [0, 0.1) is 5.92 Å². The summed E-state index contributed by atoms with van der Waals surface area (Å²) in [4.78, 5) is 11.0. The van der Waals surface area contributed by atoms with Crippen molar-refractivity contribution in [2.45, 2.75) is 45.4 Å². The van der Waals surface area contributed by atoms with Crippen LogP contribution in [0.1, 0.15) is 45.4 Å². The lowest BCUT2D eigenvalue weighted by atomic mass is 10.0. The first-order chi connectivity index (χ1) is 15.1. The van der Waals surface area contributed by atoms with Crippen LogP contribution in [0.15, 0.2) is 91.0 Å². The zero-order valence-corrected chi connectivity index (χ0v) is 19.4. The summed E-state index contributed by atoms with van der Waals surface area (Å²) in [6.45, 7) is 1.81. The van der Waals surface area contributed by atoms with Crippen molar-refractivity contribution >= 4 is 29.1 Å². The molecule has 1 unspecified atom stereocenters. The van der Waals surface area contributed by atoms with Gasteiger partial charge in [0.1, 0.15) is 23.2 Å². The van der Waals surface area contributed by atoms with E-state index >= 15 is 0 Å². The second-order valence-corrected chi connectivity index (χ2v) is 12.0. The molecule has 0 aromatic heterocycles. The monoisotopic (exact) mass is 433 g/mol. The standard InChI is InChI=1S/C28H33O2P/c1-24(28(29)30)16-8-3-2-4-15-23-31(25-17-9-5-10-18-25,26-19-11-6-12-20-26)27-21-13-7-14-22-27/h5-7,9-14,17-22,24H,2-4,8,15-16,23H2,1H3/p+1. The largest absolute Gasteiger partial charge is 0.481 e. The van der Waals surface area contributed by atoms with Gasteiger partial charge in [-0.1, -0.05) is 80.8 Å². The minimum absolute atomic E-state index is 0.229. The van der Waals surface area contributed by atoms with Crippen LogP contribution in [0.5, 0.6) is 0 Å². The van der Waals surface area contributed by atoms with Gasteiger partial charge < -0.3 is 5.11 Å². The van der Waals surface area contributed by atoms with E-state index in [1.807, 2.05) is 0 Å². The van der Waals surface area contributed by atoms with Crippen molar-refractivity contribution in [2.75, 3.05) is 6.16 Å². The van der Waals surface area contributed by atoms with Crippen LogP contribution < -0.4 is 15.9 Å². The van der Waals surface area contributed by atoms with E-state index < -0.39 is 13.2 Å². The molecule has 3 heteroatoms. The fourth-order valence-corrected chi connectivity index (χ4v) is 8.75. The lowest BCUT2D eigenvalue weighted by molar-refractivity contribution is -0.141. The molecule has 3 aromatic carbocycles. The molecule has 0 amide bonds. The molecule has 0 aliphatic rings. The maximum atomic E-state index is 11.0. The number of hydrogen-bond acceptors (Lipinski definition) is 1. The molecule has 0 heterocycles. The van der Waals surface area contributed by atoms with Gasteiger partial charge in [-0.05, 0) is 55.7 Å². The Balaban J connectivity index is 1.76. The molecule has 3 aromatic rings. The zero-order chi connectivity index (χ0) is 21.9. The van der Waals surface area contributed by atoms with Crippen LogP contribution in [0.4, 0.5) is 0 Å². The second kappa shape index (κ2) is 11.8. The van der Waals surface area contributed by atoms with Crippen molar-refractivity contribution in [2.24, 2.45) is 5.92 Å². The first kappa shape index (κ1) is 23.2. The number of carboxylic acids is 1. The summed E-state index contributed by atoms with van der Waals surface area (Å²) < 4.78 is 0. The molecule has 1 atom stereocenters. The van der Waals surface area contributed by atoms with E-state index in [4.69, 9.17) is 5.11 Å². The summed E-state index contributed by atoms with van der Waals surface area (Å²) in [7, 11) is -1.72. The highest BCUT2D eigenvalue weighted by atomic mass is 31.2. The number of hydrogen-bond donors (Lipinski definition) is 1. The second-order valence-electron chi connectivity index (χ2n) is 8.34. The lowest BCUT2D eigenvalue weighted by Gasteiger charge is -2.27. The summed E-state index contributed by atoms with van der Waals surface area (Å²) in [5.74, 6) is -0.906. The van der Waals surface area contributed by atoms with E-state index in [1.54, 1.807) is 6.92 Å². The molecule has 31 heavy (non-hydrogen) atoms. The Morgan fingerprint density at radius 1 is 0.677 bits per heavy atom. The molecule has 2 nitrogen and oxygen atoms in total. The number of benzene rings is 3. The maximum Gasteiger partial charge on any atom is 0.306 e. The summed E-state index contributed by atoms with van der Waals surface area (Å²) in [6.07, 6.45) is 7.61. The van der Waals surface area contributed by atoms with Gasteiger partial charge in [0.15, 0.2) is 0 Å². The number of carbonyl (C=O) groups is 1. The lowest BCUT2D eigenvalue weighted by Crippen LogP contribution is -2.33. The Labute approximate surface area is 187 Å². The van der Waals surface area contributed by atoms with Gasteiger partial charge in [0, 0.05) is 0 Å². The number of rotatable bonds is 12. The van der Waals surface area contributed by atoms with Crippen molar-refractivity contribution in [3.8, 4) is 0 Å². The molecule has 0 aliphatic heterocycles. The van der Waals surface area contributed by atoms with Crippen LogP contribution in [0.2, 0.25) is 0 Å². The first-order valence-corrected chi connectivity index (χ1v) is 13.4. The minimum atomic E-state index is -1.72. The van der Waals surface area contributed by atoms with Gasteiger partial charge in [0.25, 0.3) is 0 Å². The summed E-state index contributed by atoms with van der Waals surface area (Å²) in [6, 6.07) is 33.1. The molecule has 0 radical (unpaired) electrons. The summed E-state index contributed by atoms with van der Waals surface area (Å²) in [5.41, 5.74) is 0. The smallest absolute Gasteiger partial charge is 0.306 e. The predicted molar refractivity (Wildman–Crippen MR) is 135 cm³/mol. The highest BCUT2D eigenvalue weighted by Crippen LogP contribution is 2.55. The molecule has 0 aliphatic carbocycles. The van der Waals surface area contributed by atoms with Crippen LogP contribution in [-0.2, 0) is 4.79 Å². The number of unbranched alkanes of at least 4 members (excludes halogenated alkanes) is 4. The Hall–Kier alpha value is -2.44. The van der Waals surface area contributed by atoms with Gasteiger partial charge in [-0.3, -0.25) is 4.79 Å². The fraction of sp³-hybridized carbons (Fsp3) is 0.321. The van der Waals surface area contributed by atoms with Crippen molar-refractivity contribution in [3.05, 3.63) is 91.0 Å². The Morgan fingerprint density at radius 3 is 1.48 bits per heavy atom. The van der Waals surface area contributed by atoms with Gasteiger partial charge in [-0.2, -0.15) is 0 Å². The minimum Gasteiger partial charge on any atom is -0.481 e. The normalized spacial score (nSPS) is 12.4. The van der Waals surface area contributed by atoms with Crippen molar-refractivity contribution < 1.29 is 9.90 Å². The summed E-state index contributed by atoms with van der Waals surface area (Å²) >= 11 is 0. The van der Waals surface area contributed by atoms with Gasteiger partial charge in [0.2, 0.25) is 0 Å². The first-order valence-electron chi connectivity index (χ1n) is 11.4. The van der Waals surface area contributed by atoms with Crippen LogP contribution >= 0.6 is 7.26 Å². The molecule has 1 N–H and O–H groups in total. The Kier molecular flexibility index (Phi) is 8.85. The van der Waals surface area contributed by atoms with Gasteiger partial charge in [-0.15, -0.1) is 0 Å². The molecular formula is C28H34O2P+. The Bertz CT molecular complexity index is 813. The third-order valence-corrected chi connectivity index (χ3v) is 10.7. The van der Waals surface area contributed by atoms with E-state index in [9.17, 15) is 4.79 Å². The van der Waals surface area contributed by atoms with Crippen molar-refractivity contribution in [3.63, 3.8) is 0 Å². The molecule has 0 saturated heterocycles. The van der Waals surface area contributed by atoms with Gasteiger partial charge in [-0.25, -0.2) is 0 Å². The molecule has 0 bridgehead atoms. The van der Waals surface area contributed by atoms with E-state index in [1.165, 1.54) is 35.2 Å². The summed E-state index contributed by atoms with van der Waals surface area (Å²) in [5, 5.41) is 13.4. The quantitative estimate of drug-likeness (QED) is 0.279. The van der Waals surface area contributed by atoms with E-state index in [-0.39, 0.29) is 5.92 Å². The van der Waals surface area contributed by atoms with Crippen LogP contribution in [0.3, 0.4) is 0 Å². The number of aliphatic carboxylic acids is 1. The average Bonchev–Trinajstić information content (AvgIpc) is 2.82. The molecule has 0 saturated carbocycles. The highest BCUT2D eigenvalue weighted by molar-refractivity contribution is 7.95. The zero-order valence-electron chi connectivity index (χ0n) is 18.5. The SMILES string of the molecule is CC(CCCCCCC[P+](c1ccccc1)(c1ccccc1)c1ccccc1)C(=O)O. The maximum absolute atomic E-state index is 11.0. The van der Waals surface area contributed by atoms with Crippen molar-refractivity contribution in [1.82, 2.24) is 0 Å². The average molecular weight is 434 g/mol. The molecule has 162 valence electrons. The third-order valence-electron chi connectivity index (χ3n) is 6.14. The van der Waals surface area contributed by atoms with Gasteiger partial charge >= 0.3 is 5.97 Å². The topological polar surface area (TPSA) is 37.3 Å². The van der Waals surface area contributed by atoms with Crippen LogP contribution in [0.25, 0.3) is 0 Å². The fourth-order valence-electron chi connectivity index (χ4n) is 4.34.